The third-order valence-electron chi connectivity index (χ3n) is 7.18. The van der Waals surface area contributed by atoms with Crippen molar-refractivity contribution in [1.82, 2.24) is 15.1 Å². The highest BCUT2D eigenvalue weighted by atomic mass is 35.5. The standard InChI is InChI=1S/C26H31ClN4O5/c1-15-13-18(14-20(27)23(15)32)16(2)22(24(33)34)29-25(35)30-10-8-19(9-11-30)31-12-7-17-5-3-4-6-21(17)28-26(31)36/h3-6,13-14,16,19,22,32H,7-12H2,1-2H3,(H,28,36)(H,29,35)(H,33,34). The van der Waals surface area contributed by atoms with Crippen molar-refractivity contribution >= 4 is 35.3 Å². The van der Waals surface area contributed by atoms with Crippen molar-refractivity contribution in [2.75, 3.05) is 25.0 Å². The molecule has 2 aromatic carbocycles. The van der Waals surface area contributed by atoms with E-state index >= 15 is 0 Å². The lowest BCUT2D eigenvalue weighted by Crippen LogP contribution is -2.54. The highest BCUT2D eigenvalue weighted by molar-refractivity contribution is 6.32. The van der Waals surface area contributed by atoms with Crippen molar-refractivity contribution in [3.8, 4) is 5.75 Å². The number of phenols is 1. The first-order valence-corrected chi connectivity index (χ1v) is 12.5. The second kappa shape index (κ2) is 10.7. The topological polar surface area (TPSA) is 122 Å². The molecule has 4 N–H and O–H groups in total. The molecule has 10 heteroatoms. The van der Waals surface area contributed by atoms with E-state index in [2.05, 4.69) is 10.6 Å². The molecule has 2 atom stereocenters. The summed E-state index contributed by atoms with van der Waals surface area (Å²) < 4.78 is 0. The fourth-order valence-electron chi connectivity index (χ4n) is 4.96. The molecule has 1 saturated heterocycles. The Hall–Kier alpha value is -3.46. The van der Waals surface area contributed by atoms with E-state index in [9.17, 15) is 24.6 Å². The predicted octanol–water partition coefficient (Wildman–Crippen LogP) is 4.17. The van der Waals surface area contributed by atoms with Crippen LogP contribution < -0.4 is 10.6 Å². The summed E-state index contributed by atoms with van der Waals surface area (Å²) in [6.07, 6.45) is 1.98. The molecule has 4 rings (SSSR count). The Morgan fingerprint density at radius 1 is 1.17 bits per heavy atom. The van der Waals surface area contributed by atoms with E-state index in [-0.39, 0.29) is 22.8 Å². The third-order valence-corrected chi connectivity index (χ3v) is 7.47. The van der Waals surface area contributed by atoms with Crippen molar-refractivity contribution in [3.05, 3.63) is 58.1 Å². The number of carbonyl (C=O) groups excluding carboxylic acids is 2. The van der Waals surface area contributed by atoms with Crippen LogP contribution in [-0.4, -0.2) is 69.8 Å². The number of anilines is 1. The van der Waals surface area contributed by atoms with Gasteiger partial charge in [-0.3, -0.25) is 0 Å². The van der Waals surface area contributed by atoms with Crippen molar-refractivity contribution in [1.29, 1.82) is 0 Å². The summed E-state index contributed by atoms with van der Waals surface area (Å²) in [4.78, 5) is 41.3. The number of fused-ring (bicyclic) bond motifs is 1. The number of aliphatic carboxylic acids is 1. The Morgan fingerprint density at radius 2 is 1.86 bits per heavy atom. The van der Waals surface area contributed by atoms with Gasteiger partial charge in [-0.05, 0) is 55.0 Å². The van der Waals surface area contributed by atoms with Crippen LogP contribution in [0.25, 0.3) is 0 Å². The van der Waals surface area contributed by atoms with Crippen molar-refractivity contribution < 1.29 is 24.6 Å². The molecule has 2 aliphatic rings. The van der Waals surface area contributed by atoms with Crippen LogP contribution >= 0.6 is 11.6 Å². The second-order valence-electron chi connectivity index (χ2n) is 9.47. The van der Waals surface area contributed by atoms with Gasteiger partial charge in [0, 0.05) is 37.3 Å². The summed E-state index contributed by atoms with van der Waals surface area (Å²) in [5, 5.41) is 25.5. The molecule has 192 valence electrons. The number of nitrogens with zero attached hydrogens (tertiary/aromatic N) is 2. The Balaban J connectivity index is 1.37. The summed E-state index contributed by atoms with van der Waals surface area (Å²) in [5.41, 5.74) is 3.07. The normalized spacial score (nSPS) is 18.0. The van der Waals surface area contributed by atoms with Gasteiger partial charge in [0.15, 0.2) is 0 Å². The minimum absolute atomic E-state index is 0.000306. The van der Waals surface area contributed by atoms with Crippen molar-refractivity contribution in [3.63, 3.8) is 0 Å². The first kappa shape index (κ1) is 25.6. The number of aryl methyl sites for hydroxylation is 1. The van der Waals surface area contributed by atoms with Gasteiger partial charge in [0.25, 0.3) is 0 Å². The molecule has 0 aromatic heterocycles. The number of carboxylic acids is 1. The van der Waals surface area contributed by atoms with Gasteiger partial charge < -0.3 is 30.6 Å². The largest absolute Gasteiger partial charge is 0.506 e. The lowest BCUT2D eigenvalue weighted by atomic mass is 9.92. The number of amides is 4. The van der Waals surface area contributed by atoms with Crippen molar-refractivity contribution in [2.24, 2.45) is 0 Å². The quantitative estimate of drug-likeness (QED) is 0.477. The Labute approximate surface area is 215 Å². The highest BCUT2D eigenvalue weighted by Gasteiger charge is 2.34. The molecule has 36 heavy (non-hydrogen) atoms. The number of nitrogens with one attached hydrogen (secondary N) is 2. The number of carboxylic acid groups (broad SMARTS) is 1. The summed E-state index contributed by atoms with van der Waals surface area (Å²) in [6, 6.07) is 9.19. The summed E-state index contributed by atoms with van der Waals surface area (Å²) >= 11 is 6.07. The number of carbonyl (C=O) groups is 3. The van der Waals surface area contributed by atoms with Crippen LogP contribution in [0.15, 0.2) is 36.4 Å². The predicted molar refractivity (Wildman–Crippen MR) is 137 cm³/mol. The molecule has 2 aliphatic heterocycles. The molecule has 0 radical (unpaired) electrons. The molecule has 2 heterocycles. The van der Waals surface area contributed by atoms with Gasteiger partial charge in [0.1, 0.15) is 11.8 Å². The maximum Gasteiger partial charge on any atom is 0.326 e. The number of hydrogen-bond acceptors (Lipinski definition) is 4. The number of urea groups is 2. The summed E-state index contributed by atoms with van der Waals surface area (Å²) in [7, 11) is 0. The summed E-state index contributed by atoms with van der Waals surface area (Å²) in [6.45, 7) is 4.81. The number of likely N-dealkylation sites (tertiary alicyclic amines) is 1. The Morgan fingerprint density at radius 3 is 2.53 bits per heavy atom. The van der Waals surface area contributed by atoms with Gasteiger partial charge in [-0.1, -0.05) is 42.8 Å². The van der Waals surface area contributed by atoms with E-state index in [1.807, 2.05) is 29.2 Å². The fraction of sp³-hybridized carbons (Fsp3) is 0.423. The molecule has 0 aliphatic carbocycles. The zero-order valence-electron chi connectivity index (χ0n) is 20.3. The van der Waals surface area contributed by atoms with E-state index in [1.165, 1.54) is 6.07 Å². The maximum atomic E-state index is 13.0. The summed E-state index contributed by atoms with van der Waals surface area (Å²) in [5.74, 6) is -1.79. The van der Waals surface area contributed by atoms with Gasteiger partial charge >= 0.3 is 18.0 Å². The number of piperidine rings is 1. The number of phenolic OH excluding ortho intramolecular Hbond substituents is 1. The van der Waals surface area contributed by atoms with E-state index < -0.39 is 24.0 Å². The van der Waals surface area contributed by atoms with Crippen LogP contribution in [0.1, 0.15) is 42.4 Å². The first-order chi connectivity index (χ1) is 17.2. The van der Waals surface area contributed by atoms with Crippen LogP contribution in [0.2, 0.25) is 5.02 Å². The average Bonchev–Trinajstić information content (AvgIpc) is 3.03. The maximum absolute atomic E-state index is 13.0. The highest BCUT2D eigenvalue weighted by Crippen LogP contribution is 2.32. The first-order valence-electron chi connectivity index (χ1n) is 12.1. The number of aromatic hydroxyl groups is 1. The third kappa shape index (κ3) is 5.36. The van der Waals surface area contributed by atoms with Crippen LogP contribution in [0.4, 0.5) is 15.3 Å². The molecule has 0 saturated carbocycles. The van der Waals surface area contributed by atoms with Gasteiger partial charge in [0.05, 0.1) is 5.02 Å². The van der Waals surface area contributed by atoms with Crippen LogP contribution in [0.3, 0.4) is 0 Å². The number of hydrogen-bond donors (Lipinski definition) is 4. The average molecular weight is 515 g/mol. The molecule has 9 nitrogen and oxygen atoms in total. The molecule has 4 amide bonds. The molecule has 0 bridgehead atoms. The monoisotopic (exact) mass is 514 g/mol. The minimum Gasteiger partial charge on any atom is -0.506 e. The van der Waals surface area contributed by atoms with Gasteiger partial charge in [-0.2, -0.15) is 0 Å². The van der Waals surface area contributed by atoms with Crippen LogP contribution in [0.5, 0.6) is 5.75 Å². The van der Waals surface area contributed by atoms with E-state index in [0.717, 1.165) is 17.7 Å². The SMILES string of the molecule is Cc1cc(C(C)C(NC(=O)N2CCC(N3CCc4ccccc4NC3=O)CC2)C(=O)O)cc(Cl)c1O. The van der Waals surface area contributed by atoms with E-state index in [4.69, 9.17) is 11.6 Å². The Kier molecular flexibility index (Phi) is 7.59. The molecular weight excluding hydrogens is 484 g/mol. The Bertz CT molecular complexity index is 1140. The van der Waals surface area contributed by atoms with Crippen LogP contribution in [0, 0.1) is 6.92 Å². The van der Waals surface area contributed by atoms with Crippen LogP contribution in [-0.2, 0) is 11.2 Å². The van der Waals surface area contributed by atoms with Gasteiger partial charge in [0.2, 0.25) is 0 Å². The van der Waals surface area contributed by atoms with Crippen molar-refractivity contribution in [2.45, 2.75) is 51.1 Å². The van der Waals surface area contributed by atoms with Gasteiger partial charge in [-0.25, -0.2) is 14.4 Å². The fourth-order valence-corrected chi connectivity index (χ4v) is 5.24. The second-order valence-corrected chi connectivity index (χ2v) is 9.88. The number of benzene rings is 2. The minimum atomic E-state index is -1.18. The molecule has 2 unspecified atom stereocenters. The number of halogens is 1. The van der Waals surface area contributed by atoms with E-state index in [0.29, 0.717) is 43.6 Å². The lowest BCUT2D eigenvalue weighted by molar-refractivity contribution is -0.139. The zero-order valence-corrected chi connectivity index (χ0v) is 21.1. The number of rotatable bonds is 5. The van der Waals surface area contributed by atoms with E-state index in [1.54, 1.807) is 24.8 Å². The van der Waals surface area contributed by atoms with Gasteiger partial charge in [-0.15, -0.1) is 0 Å². The molecule has 0 spiro atoms. The molecule has 2 aromatic rings. The smallest absolute Gasteiger partial charge is 0.326 e. The molecule has 1 fully saturated rings. The molecular formula is C26H31ClN4O5. The zero-order chi connectivity index (χ0) is 26.0. The number of para-hydroxylation sites is 1. The lowest BCUT2D eigenvalue weighted by Gasteiger charge is -2.38.